The zero-order valence-electron chi connectivity index (χ0n) is 38.3. The highest BCUT2D eigenvalue weighted by Gasteiger charge is 2.39. The number of hydrogen-bond acceptors (Lipinski definition) is 10. The highest BCUT2D eigenvalue weighted by molar-refractivity contribution is 5.76. The average molecular weight is 823 g/mol. The Morgan fingerprint density at radius 3 is 1.60 bits per heavy atom. The minimum Gasteiger partial charge on any atom is -0.466 e. The number of hydrogen-bond donors (Lipinski definition) is 0. The first-order valence-corrected chi connectivity index (χ1v) is 24.3. The van der Waals surface area contributed by atoms with Crippen LogP contribution in [0, 0.1) is 0 Å². The van der Waals surface area contributed by atoms with E-state index in [0.717, 1.165) is 89.9 Å². The van der Waals surface area contributed by atoms with Crippen LogP contribution < -0.4 is 0 Å². The molecule has 1 aliphatic rings. The lowest BCUT2D eigenvalue weighted by molar-refractivity contribution is -0.151. The van der Waals surface area contributed by atoms with Crippen molar-refractivity contribution in [2.75, 3.05) is 46.9 Å². The summed E-state index contributed by atoms with van der Waals surface area (Å²) in [4.78, 5) is 54.7. The number of esters is 4. The molecule has 2 unspecified atom stereocenters. The van der Waals surface area contributed by atoms with Crippen molar-refractivity contribution in [2.45, 2.75) is 238 Å². The van der Waals surface area contributed by atoms with Gasteiger partial charge in [-0.25, -0.2) is 0 Å². The molecule has 0 aromatic carbocycles. The van der Waals surface area contributed by atoms with Gasteiger partial charge in [0.1, 0.15) is 18.2 Å². The molecule has 0 saturated carbocycles. The summed E-state index contributed by atoms with van der Waals surface area (Å²) in [5.74, 6) is -0.684. The number of rotatable bonds is 40. The van der Waals surface area contributed by atoms with Crippen LogP contribution in [0.25, 0.3) is 0 Å². The molecule has 1 rings (SSSR count). The second-order valence-corrected chi connectivity index (χ2v) is 17.3. The largest absolute Gasteiger partial charge is 0.466 e. The number of carbonyl (C=O) groups excluding carboxylic acids is 4. The maximum Gasteiger partial charge on any atom is 0.323 e. The van der Waals surface area contributed by atoms with E-state index in [-0.39, 0.29) is 36.1 Å². The summed E-state index contributed by atoms with van der Waals surface area (Å²) >= 11 is 0. The number of ether oxygens (including phenoxy) is 4. The smallest absolute Gasteiger partial charge is 0.323 e. The molecule has 0 radical (unpaired) electrons. The SMILES string of the molecule is CCCCCCCCC(CCCCCCCC)OC(=O)CCCCCCCOC(=O)C1CC(OC(=O)CCN(C)C)CN1CCCCCC(=O)OCCCCCCC. The topological polar surface area (TPSA) is 112 Å². The Bertz CT molecular complexity index is 1010. The van der Waals surface area contributed by atoms with Crippen molar-refractivity contribution in [2.24, 2.45) is 0 Å². The van der Waals surface area contributed by atoms with Crippen LogP contribution in [0.4, 0.5) is 0 Å². The molecule has 1 saturated heterocycles. The van der Waals surface area contributed by atoms with Gasteiger partial charge in [-0.15, -0.1) is 0 Å². The molecule has 0 aromatic heterocycles. The van der Waals surface area contributed by atoms with Gasteiger partial charge < -0.3 is 23.8 Å². The Hall–Kier alpha value is -2.20. The predicted octanol–water partition coefficient (Wildman–Crippen LogP) is 11.3. The van der Waals surface area contributed by atoms with E-state index in [2.05, 4.69) is 25.7 Å². The van der Waals surface area contributed by atoms with Gasteiger partial charge in [0.2, 0.25) is 0 Å². The second-order valence-electron chi connectivity index (χ2n) is 17.3. The number of carbonyl (C=O) groups is 4. The minimum absolute atomic E-state index is 0.0512. The highest BCUT2D eigenvalue weighted by atomic mass is 16.6. The van der Waals surface area contributed by atoms with Gasteiger partial charge >= 0.3 is 23.9 Å². The molecule has 0 spiro atoms. The Balaban J connectivity index is 2.40. The van der Waals surface area contributed by atoms with E-state index >= 15 is 0 Å². The van der Waals surface area contributed by atoms with E-state index in [4.69, 9.17) is 18.9 Å². The number of nitrogens with zero attached hydrogens (tertiary/aromatic N) is 2. The Morgan fingerprint density at radius 2 is 1.03 bits per heavy atom. The summed E-state index contributed by atoms with van der Waals surface area (Å²) in [6.45, 7) is 9.35. The lowest BCUT2D eigenvalue weighted by Gasteiger charge is -2.22. The van der Waals surface area contributed by atoms with Crippen LogP contribution in [-0.2, 0) is 38.1 Å². The minimum atomic E-state index is -0.443. The zero-order chi connectivity index (χ0) is 42.5. The van der Waals surface area contributed by atoms with E-state index < -0.39 is 6.04 Å². The fraction of sp³-hybridized carbons (Fsp3) is 0.917. The van der Waals surface area contributed by atoms with Gasteiger partial charge in [0.05, 0.1) is 19.6 Å². The van der Waals surface area contributed by atoms with Gasteiger partial charge in [0.25, 0.3) is 0 Å². The molecule has 10 nitrogen and oxygen atoms in total. The molecule has 1 heterocycles. The van der Waals surface area contributed by atoms with Crippen LogP contribution in [0.2, 0.25) is 0 Å². The fourth-order valence-corrected chi connectivity index (χ4v) is 7.71. The van der Waals surface area contributed by atoms with E-state index in [1.807, 2.05) is 19.0 Å². The molecule has 0 bridgehead atoms. The molecule has 0 aromatic rings. The zero-order valence-corrected chi connectivity index (χ0v) is 38.3. The van der Waals surface area contributed by atoms with Gasteiger partial charge in [-0.1, -0.05) is 136 Å². The van der Waals surface area contributed by atoms with E-state index in [1.165, 1.54) is 83.5 Å². The van der Waals surface area contributed by atoms with Crippen LogP contribution in [0.15, 0.2) is 0 Å². The van der Waals surface area contributed by atoms with Gasteiger partial charge in [-0.05, 0) is 78.4 Å². The van der Waals surface area contributed by atoms with Gasteiger partial charge in [-0.2, -0.15) is 0 Å². The van der Waals surface area contributed by atoms with Crippen molar-refractivity contribution in [1.29, 1.82) is 0 Å². The predicted molar refractivity (Wildman–Crippen MR) is 236 cm³/mol. The third-order valence-corrected chi connectivity index (χ3v) is 11.4. The maximum atomic E-state index is 13.3. The molecule has 0 amide bonds. The summed E-state index contributed by atoms with van der Waals surface area (Å²) in [7, 11) is 3.85. The summed E-state index contributed by atoms with van der Waals surface area (Å²) in [5, 5.41) is 0. The van der Waals surface area contributed by atoms with Gasteiger partial charge in [0, 0.05) is 32.4 Å². The molecular weight excluding hydrogens is 733 g/mol. The fourth-order valence-electron chi connectivity index (χ4n) is 7.71. The van der Waals surface area contributed by atoms with Crippen LogP contribution in [0.5, 0.6) is 0 Å². The lowest BCUT2D eigenvalue weighted by atomic mass is 10.0. The van der Waals surface area contributed by atoms with Crippen molar-refractivity contribution in [1.82, 2.24) is 9.80 Å². The summed E-state index contributed by atoms with van der Waals surface area (Å²) < 4.78 is 22.9. The maximum absolute atomic E-state index is 13.3. The van der Waals surface area contributed by atoms with Crippen molar-refractivity contribution < 1.29 is 38.1 Å². The molecule has 2 atom stereocenters. The molecule has 10 heteroatoms. The third-order valence-electron chi connectivity index (χ3n) is 11.4. The molecular formula is C48H90N2O8. The van der Waals surface area contributed by atoms with Gasteiger partial charge in [0.15, 0.2) is 0 Å². The second kappa shape index (κ2) is 37.8. The molecule has 340 valence electrons. The standard InChI is InChI=1S/C48H90N2O8/c1-6-9-12-15-18-24-31-42(32-25-19-16-13-10-7-2)57-46(52)34-26-20-17-22-30-39-56-48(54)44-40-43(58-47(53)35-37-49(4)5)41-50(44)36-28-23-27-33-45(51)55-38-29-21-14-11-8-3/h42-44H,6-41H2,1-5H3. The number of unbranched alkanes of at least 4 members (excludes halogenated alkanes) is 20. The lowest BCUT2D eigenvalue weighted by Crippen LogP contribution is -2.38. The van der Waals surface area contributed by atoms with Crippen LogP contribution >= 0.6 is 0 Å². The molecule has 58 heavy (non-hydrogen) atoms. The number of likely N-dealkylation sites (tertiary alicyclic amines) is 1. The molecule has 0 N–H and O–H groups in total. The quantitative estimate of drug-likeness (QED) is 0.0336. The summed E-state index contributed by atoms with van der Waals surface area (Å²) in [5.41, 5.74) is 0. The van der Waals surface area contributed by atoms with Crippen molar-refractivity contribution >= 4 is 23.9 Å². The first-order chi connectivity index (χ1) is 28.2. The Kier molecular flexibility index (Phi) is 35.1. The van der Waals surface area contributed by atoms with E-state index in [9.17, 15) is 19.2 Å². The summed E-state index contributed by atoms with van der Waals surface area (Å²) in [6, 6.07) is -0.443. The van der Waals surface area contributed by atoms with E-state index in [0.29, 0.717) is 58.5 Å². The van der Waals surface area contributed by atoms with Crippen molar-refractivity contribution in [3.8, 4) is 0 Å². The first-order valence-electron chi connectivity index (χ1n) is 24.3. The molecule has 1 fully saturated rings. The van der Waals surface area contributed by atoms with Crippen LogP contribution in [0.1, 0.15) is 220 Å². The van der Waals surface area contributed by atoms with Crippen LogP contribution in [0.3, 0.4) is 0 Å². The first kappa shape index (κ1) is 53.8. The average Bonchev–Trinajstić information content (AvgIpc) is 3.60. The third kappa shape index (κ3) is 30.8. The molecule has 1 aliphatic heterocycles. The Labute approximate surface area is 356 Å². The van der Waals surface area contributed by atoms with Crippen LogP contribution in [-0.4, -0.2) is 98.9 Å². The van der Waals surface area contributed by atoms with E-state index in [1.54, 1.807) is 0 Å². The monoisotopic (exact) mass is 823 g/mol. The summed E-state index contributed by atoms with van der Waals surface area (Å²) in [6.07, 6.45) is 30.9. The highest BCUT2D eigenvalue weighted by Crippen LogP contribution is 2.24. The normalized spacial score (nSPS) is 15.6. The Morgan fingerprint density at radius 1 is 0.552 bits per heavy atom. The van der Waals surface area contributed by atoms with Gasteiger partial charge in [-0.3, -0.25) is 24.1 Å². The van der Waals surface area contributed by atoms with Crippen molar-refractivity contribution in [3.63, 3.8) is 0 Å². The van der Waals surface area contributed by atoms with Crippen molar-refractivity contribution in [3.05, 3.63) is 0 Å². The molecule has 0 aliphatic carbocycles.